The lowest BCUT2D eigenvalue weighted by molar-refractivity contribution is -0.109. The molecule has 138 valence electrons. The molecule has 2 fully saturated rings. The Balaban J connectivity index is 1.31. The van der Waals surface area contributed by atoms with Crippen molar-refractivity contribution in [3.63, 3.8) is 0 Å². The van der Waals surface area contributed by atoms with E-state index in [-0.39, 0.29) is 23.8 Å². The summed E-state index contributed by atoms with van der Waals surface area (Å²) in [5.41, 5.74) is 1.96. The first-order valence-electron chi connectivity index (χ1n) is 8.92. The topological polar surface area (TPSA) is 77.3 Å². The molecule has 0 radical (unpaired) electrons. The number of nitrogens with zero attached hydrogens (tertiary/aromatic N) is 4. The van der Waals surface area contributed by atoms with Crippen LogP contribution in [-0.2, 0) is 16.1 Å². The van der Waals surface area contributed by atoms with E-state index in [1.54, 1.807) is 29.2 Å². The second-order valence-electron chi connectivity index (χ2n) is 7.26. The van der Waals surface area contributed by atoms with Gasteiger partial charge in [-0.1, -0.05) is 11.3 Å². The average Bonchev–Trinajstić information content (AvgIpc) is 3.11. The van der Waals surface area contributed by atoms with E-state index in [0.717, 1.165) is 18.3 Å². The number of carbonyl (C=O) groups is 2. The quantitative estimate of drug-likeness (QED) is 0.757. The maximum Gasteiger partial charge on any atom is 0.414 e. The molecule has 5 rings (SSSR count). The largest absolute Gasteiger partial charge is 0.442 e. The van der Waals surface area contributed by atoms with Gasteiger partial charge in [0.2, 0.25) is 0 Å². The molecule has 0 spiro atoms. The van der Waals surface area contributed by atoms with Crippen LogP contribution in [-0.4, -0.2) is 40.0 Å². The molecular weight excluding hydrogens is 351 g/mol. The molecule has 1 saturated carbocycles. The zero-order valence-electron chi connectivity index (χ0n) is 14.4. The highest BCUT2D eigenvalue weighted by molar-refractivity contribution is 5.90. The van der Waals surface area contributed by atoms with Gasteiger partial charge in [0.15, 0.2) is 0 Å². The predicted molar refractivity (Wildman–Crippen MR) is 93.2 cm³/mol. The molecule has 0 N–H and O–H groups in total. The van der Waals surface area contributed by atoms with Gasteiger partial charge in [0.1, 0.15) is 18.2 Å². The van der Waals surface area contributed by atoms with Crippen LogP contribution in [0.4, 0.5) is 14.9 Å². The van der Waals surface area contributed by atoms with Crippen LogP contribution < -0.4 is 4.90 Å². The van der Waals surface area contributed by atoms with Crippen molar-refractivity contribution in [1.82, 2.24) is 15.0 Å². The Bertz CT molecular complexity index is 942. The molecule has 1 amide bonds. The predicted octanol–water partition coefficient (Wildman–Crippen LogP) is 2.29. The molecule has 2 heterocycles. The minimum absolute atomic E-state index is 0.109. The molecule has 27 heavy (non-hydrogen) atoms. The summed E-state index contributed by atoms with van der Waals surface area (Å²) in [5, 5.41) is 7.58. The zero-order chi connectivity index (χ0) is 18.5. The van der Waals surface area contributed by atoms with Crippen molar-refractivity contribution >= 4 is 23.6 Å². The molecule has 0 unspecified atom stereocenters. The Morgan fingerprint density at radius 1 is 1.37 bits per heavy atom. The van der Waals surface area contributed by atoms with Gasteiger partial charge < -0.3 is 9.53 Å². The van der Waals surface area contributed by atoms with Crippen molar-refractivity contribution in [2.45, 2.75) is 19.1 Å². The van der Waals surface area contributed by atoms with E-state index in [9.17, 15) is 14.0 Å². The number of hydrogen-bond donors (Lipinski definition) is 0. The fourth-order valence-electron chi connectivity index (χ4n) is 4.18. The van der Waals surface area contributed by atoms with E-state index in [1.165, 1.54) is 11.0 Å². The van der Waals surface area contributed by atoms with Gasteiger partial charge in [0.05, 0.1) is 25.0 Å². The van der Waals surface area contributed by atoms with Crippen LogP contribution in [0.3, 0.4) is 0 Å². The first-order chi connectivity index (χ1) is 13.1. The number of cyclic esters (lactones) is 1. The summed E-state index contributed by atoms with van der Waals surface area (Å²) in [5.74, 6) is 0.345. The van der Waals surface area contributed by atoms with E-state index < -0.39 is 6.09 Å². The molecule has 2 aromatic rings. The summed E-state index contributed by atoms with van der Waals surface area (Å²) in [6.07, 6.45) is 6.13. The number of halogens is 1. The summed E-state index contributed by atoms with van der Waals surface area (Å²) in [7, 11) is 0. The molecule has 3 aliphatic rings. The van der Waals surface area contributed by atoms with E-state index in [0.29, 0.717) is 30.3 Å². The van der Waals surface area contributed by atoms with E-state index in [1.807, 2.05) is 6.08 Å². The lowest BCUT2D eigenvalue weighted by atomic mass is 10.00. The van der Waals surface area contributed by atoms with Gasteiger partial charge in [-0.05, 0) is 42.0 Å². The van der Waals surface area contributed by atoms with Gasteiger partial charge in [-0.25, -0.2) is 13.9 Å². The summed E-state index contributed by atoms with van der Waals surface area (Å²) in [6, 6.07) is 4.81. The monoisotopic (exact) mass is 368 g/mol. The first-order valence-corrected chi connectivity index (χ1v) is 8.92. The second kappa shape index (κ2) is 6.00. The van der Waals surface area contributed by atoms with Crippen LogP contribution in [0.5, 0.6) is 0 Å². The lowest BCUT2D eigenvalue weighted by Gasteiger charge is -2.15. The Labute approximate surface area is 154 Å². The summed E-state index contributed by atoms with van der Waals surface area (Å²) < 4.78 is 21.6. The summed E-state index contributed by atoms with van der Waals surface area (Å²) >= 11 is 0. The number of aromatic nitrogens is 3. The number of fused-ring (bicyclic) bond motifs is 1. The molecule has 2 aliphatic carbocycles. The van der Waals surface area contributed by atoms with Crippen molar-refractivity contribution in [2.75, 3.05) is 11.4 Å². The number of benzene rings is 1. The molecule has 1 aliphatic heterocycles. The number of aldehydes is 1. The Morgan fingerprint density at radius 3 is 2.93 bits per heavy atom. The fourth-order valence-corrected chi connectivity index (χ4v) is 4.18. The third-order valence-corrected chi connectivity index (χ3v) is 5.65. The molecule has 1 aromatic carbocycles. The number of amides is 1. The maximum absolute atomic E-state index is 14.7. The van der Waals surface area contributed by atoms with E-state index in [4.69, 9.17) is 4.74 Å². The van der Waals surface area contributed by atoms with Crippen molar-refractivity contribution in [3.05, 3.63) is 48.0 Å². The molecule has 4 atom stereocenters. The number of rotatable bonds is 5. The van der Waals surface area contributed by atoms with E-state index in [2.05, 4.69) is 10.3 Å². The normalized spacial score (nSPS) is 28.7. The number of allylic oxidation sites excluding steroid dienone is 2. The molecule has 1 saturated heterocycles. The molecule has 8 heteroatoms. The summed E-state index contributed by atoms with van der Waals surface area (Å²) in [4.78, 5) is 24.5. The minimum atomic E-state index is -0.498. The van der Waals surface area contributed by atoms with Gasteiger partial charge in [0.25, 0.3) is 0 Å². The van der Waals surface area contributed by atoms with Crippen LogP contribution in [0, 0.1) is 23.6 Å². The van der Waals surface area contributed by atoms with Gasteiger partial charge in [-0.15, -0.1) is 5.10 Å². The van der Waals surface area contributed by atoms with Crippen molar-refractivity contribution in [2.24, 2.45) is 17.8 Å². The number of carbonyl (C=O) groups excluding carboxylic acids is 2. The first kappa shape index (κ1) is 16.2. The Kier molecular flexibility index (Phi) is 3.60. The van der Waals surface area contributed by atoms with Gasteiger partial charge in [-0.3, -0.25) is 4.90 Å². The van der Waals surface area contributed by atoms with Crippen LogP contribution in [0.1, 0.15) is 12.0 Å². The fraction of sp³-hybridized carbons (Fsp3) is 0.368. The minimum Gasteiger partial charge on any atom is -0.442 e. The second-order valence-corrected chi connectivity index (χ2v) is 7.26. The van der Waals surface area contributed by atoms with Crippen LogP contribution >= 0.6 is 0 Å². The molecule has 7 nitrogen and oxygen atoms in total. The maximum atomic E-state index is 14.7. The zero-order valence-corrected chi connectivity index (χ0v) is 14.4. The SMILES string of the molecule is O=C[C@H]1[C@@H]2C=C(c3ccc(N4C[C@H](Cn5ccnn5)OC4=O)cc3F)C[C@H]12. The highest BCUT2D eigenvalue weighted by Gasteiger charge is 2.52. The highest BCUT2D eigenvalue weighted by atomic mass is 19.1. The van der Waals surface area contributed by atoms with Gasteiger partial charge in [-0.2, -0.15) is 0 Å². The Hall–Kier alpha value is -3.03. The van der Waals surface area contributed by atoms with Crippen molar-refractivity contribution in [3.8, 4) is 0 Å². The van der Waals surface area contributed by atoms with Crippen LogP contribution in [0.25, 0.3) is 5.57 Å². The molecular formula is C19H17FN4O3. The van der Waals surface area contributed by atoms with Crippen LogP contribution in [0.2, 0.25) is 0 Å². The standard InChI is InChI=1S/C19H17FN4O3/c20-18-7-12(1-2-14(18)11-5-15-16(6-11)17(15)10-25)24-9-13(27-19(24)26)8-23-4-3-21-22-23/h1-5,7,10,13,15-17H,6,8-9H2/t13-,15+,16-,17-/m0/s1. The van der Waals surface area contributed by atoms with Crippen molar-refractivity contribution < 1.29 is 18.7 Å². The Morgan fingerprint density at radius 2 is 2.26 bits per heavy atom. The average molecular weight is 368 g/mol. The molecule has 1 aromatic heterocycles. The third kappa shape index (κ3) is 2.72. The van der Waals surface area contributed by atoms with Crippen LogP contribution in [0.15, 0.2) is 36.7 Å². The number of ether oxygens (including phenoxy) is 1. The van der Waals surface area contributed by atoms with Gasteiger partial charge in [0, 0.05) is 17.7 Å². The third-order valence-electron chi connectivity index (χ3n) is 5.65. The smallest absolute Gasteiger partial charge is 0.414 e. The summed E-state index contributed by atoms with van der Waals surface area (Å²) in [6.45, 7) is 0.724. The molecule has 0 bridgehead atoms. The van der Waals surface area contributed by atoms with Crippen molar-refractivity contribution in [1.29, 1.82) is 0 Å². The van der Waals surface area contributed by atoms with Gasteiger partial charge >= 0.3 is 6.09 Å². The highest BCUT2D eigenvalue weighted by Crippen LogP contribution is 2.57. The lowest BCUT2D eigenvalue weighted by Crippen LogP contribution is -2.26. The number of anilines is 1. The van der Waals surface area contributed by atoms with E-state index >= 15 is 0 Å². The number of hydrogen-bond acceptors (Lipinski definition) is 5.